The van der Waals surface area contributed by atoms with Crippen LogP contribution in [0.3, 0.4) is 0 Å². The van der Waals surface area contributed by atoms with E-state index in [1.54, 1.807) is 53.4 Å². The van der Waals surface area contributed by atoms with Crippen molar-refractivity contribution in [2.45, 2.75) is 4.90 Å². The van der Waals surface area contributed by atoms with Crippen LogP contribution in [0.5, 0.6) is 0 Å². The van der Waals surface area contributed by atoms with Gasteiger partial charge in [0.2, 0.25) is 9.84 Å². The van der Waals surface area contributed by atoms with E-state index in [4.69, 9.17) is 10.5 Å². The summed E-state index contributed by atoms with van der Waals surface area (Å²) in [5.74, 6) is 0. The van der Waals surface area contributed by atoms with Crippen molar-refractivity contribution in [3.63, 3.8) is 0 Å². The number of anilines is 2. The second-order valence-electron chi connectivity index (χ2n) is 4.60. The van der Waals surface area contributed by atoms with Gasteiger partial charge >= 0.3 is 0 Å². The van der Waals surface area contributed by atoms with Crippen molar-refractivity contribution >= 4 is 21.2 Å². The number of hydrogen-bond donors (Lipinski definition) is 0. The lowest BCUT2D eigenvalue weighted by Gasteiger charge is -2.27. The van der Waals surface area contributed by atoms with Crippen LogP contribution >= 0.6 is 0 Å². The molecule has 0 unspecified atom stereocenters. The van der Waals surface area contributed by atoms with E-state index in [1.807, 2.05) is 6.07 Å². The predicted molar refractivity (Wildman–Crippen MR) is 80.6 cm³/mol. The second kappa shape index (κ2) is 5.03. The molecule has 22 heavy (non-hydrogen) atoms. The molecule has 0 aliphatic carbocycles. The smallest absolute Gasteiger partial charge is 0.220 e. The lowest BCUT2D eigenvalue weighted by Crippen LogP contribution is -2.21. The molecule has 1 heterocycles. The molecule has 0 atom stereocenters. The predicted octanol–water partition coefficient (Wildman–Crippen LogP) is 2.85. The molecular weight excluding hydrogens is 298 g/mol. The van der Waals surface area contributed by atoms with Gasteiger partial charge in [-0.25, -0.2) is 8.42 Å². The first-order chi connectivity index (χ1) is 10.6. The fourth-order valence-electron chi connectivity index (χ4n) is 2.26. The molecule has 1 aliphatic rings. The molecule has 2 aromatic carbocycles. The van der Waals surface area contributed by atoms with Gasteiger partial charge in [-0.1, -0.05) is 12.1 Å². The molecule has 2 aromatic rings. The standard InChI is InChI=1S/C16H9N3O2S/c17-9-12-5-7-13(8-6-12)19-11-14(10-18)22(20,21)16-4-2-1-3-15(16)19/h1-8,11H. The molecule has 0 saturated carbocycles. The van der Waals surface area contributed by atoms with Gasteiger partial charge in [0, 0.05) is 11.9 Å². The van der Waals surface area contributed by atoms with Crippen LogP contribution in [-0.2, 0) is 9.84 Å². The molecule has 1 aliphatic heterocycles. The lowest BCUT2D eigenvalue weighted by atomic mass is 10.2. The van der Waals surface area contributed by atoms with Crippen molar-refractivity contribution in [3.05, 3.63) is 65.2 Å². The van der Waals surface area contributed by atoms with Gasteiger partial charge in [0.1, 0.15) is 6.07 Å². The number of nitrogens with zero attached hydrogens (tertiary/aromatic N) is 3. The average molecular weight is 307 g/mol. The van der Waals surface area contributed by atoms with Gasteiger partial charge in [0.15, 0.2) is 4.91 Å². The summed E-state index contributed by atoms with van der Waals surface area (Å²) in [5, 5.41) is 18.0. The molecule has 5 nitrogen and oxygen atoms in total. The number of hydrogen-bond acceptors (Lipinski definition) is 5. The molecule has 0 N–H and O–H groups in total. The van der Waals surface area contributed by atoms with E-state index < -0.39 is 9.84 Å². The van der Waals surface area contributed by atoms with E-state index in [0.717, 1.165) is 0 Å². The fourth-order valence-corrected chi connectivity index (χ4v) is 3.56. The van der Waals surface area contributed by atoms with Gasteiger partial charge in [0.05, 0.1) is 22.2 Å². The zero-order chi connectivity index (χ0) is 15.7. The number of para-hydroxylation sites is 1. The zero-order valence-electron chi connectivity index (χ0n) is 11.3. The highest BCUT2D eigenvalue weighted by atomic mass is 32.2. The summed E-state index contributed by atoms with van der Waals surface area (Å²) < 4.78 is 24.7. The lowest BCUT2D eigenvalue weighted by molar-refractivity contribution is 0.602. The maximum Gasteiger partial charge on any atom is 0.220 e. The largest absolute Gasteiger partial charge is 0.314 e. The molecule has 0 aromatic heterocycles. The molecular formula is C16H9N3O2S. The Hall–Kier alpha value is -3.09. The van der Waals surface area contributed by atoms with E-state index in [0.29, 0.717) is 16.9 Å². The van der Waals surface area contributed by atoms with Crippen molar-refractivity contribution in [3.8, 4) is 12.1 Å². The third-order valence-corrected chi connectivity index (χ3v) is 5.03. The molecule has 106 valence electrons. The van der Waals surface area contributed by atoms with Gasteiger partial charge in [0.25, 0.3) is 0 Å². The summed E-state index contributed by atoms with van der Waals surface area (Å²) in [6, 6.07) is 17.0. The van der Waals surface area contributed by atoms with Crippen molar-refractivity contribution in [1.82, 2.24) is 0 Å². The first-order valence-corrected chi connectivity index (χ1v) is 7.81. The minimum atomic E-state index is -3.78. The molecule has 3 rings (SSSR count). The summed E-state index contributed by atoms with van der Waals surface area (Å²) in [5.41, 5.74) is 1.66. The van der Waals surface area contributed by atoms with E-state index in [9.17, 15) is 8.42 Å². The minimum Gasteiger partial charge on any atom is -0.314 e. The van der Waals surface area contributed by atoms with Gasteiger partial charge in [-0.3, -0.25) is 0 Å². The number of nitriles is 2. The summed E-state index contributed by atoms with van der Waals surface area (Å²) in [7, 11) is -3.78. The Labute approximate surface area is 127 Å². The maximum atomic E-state index is 12.4. The quantitative estimate of drug-likeness (QED) is 0.808. The molecule has 0 fully saturated rings. The monoisotopic (exact) mass is 307 g/mol. The Balaban J connectivity index is 2.23. The average Bonchev–Trinajstić information content (AvgIpc) is 2.55. The Kier molecular flexibility index (Phi) is 3.17. The Morgan fingerprint density at radius 2 is 1.59 bits per heavy atom. The van der Waals surface area contributed by atoms with Crippen molar-refractivity contribution in [2.75, 3.05) is 4.90 Å². The van der Waals surface area contributed by atoms with E-state index in [1.165, 1.54) is 12.3 Å². The number of rotatable bonds is 1. The molecule has 0 bridgehead atoms. The zero-order valence-corrected chi connectivity index (χ0v) is 12.1. The van der Waals surface area contributed by atoms with Crippen LogP contribution in [-0.4, -0.2) is 8.42 Å². The molecule has 0 amide bonds. The number of allylic oxidation sites excluding steroid dienone is 1. The first kappa shape index (κ1) is 13.9. The maximum absolute atomic E-state index is 12.4. The highest BCUT2D eigenvalue weighted by molar-refractivity contribution is 7.95. The van der Waals surface area contributed by atoms with Crippen molar-refractivity contribution < 1.29 is 8.42 Å². The summed E-state index contributed by atoms with van der Waals surface area (Å²) in [6.07, 6.45) is 1.30. The molecule has 6 heteroatoms. The highest BCUT2D eigenvalue weighted by Crippen LogP contribution is 2.38. The Bertz CT molecular complexity index is 962. The van der Waals surface area contributed by atoms with Crippen LogP contribution in [0, 0.1) is 22.7 Å². The topological polar surface area (TPSA) is 85.0 Å². The number of fused-ring (bicyclic) bond motifs is 1. The minimum absolute atomic E-state index is 0.0957. The third-order valence-electron chi connectivity index (χ3n) is 3.33. The van der Waals surface area contributed by atoms with Crippen molar-refractivity contribution in [1.29, 1.82) is 10.5 Å². The van der Waals surface area contributed by atoms with Gasteiger partial charge < -0.3 is 4.90 Å². The number of benzene rings is 2. The van der Waals surface area contributed by atoms with Crippen molar-refractivity contribution in [2.24, 2.45) is 0 Å². The van der Waals surface area contributed by atoms with Crippen LogP contribution in [0.25, 0.3) is 0 Å². The Morgan fingerprint density at radius 3 is 2.23 bits per heavy atom. The fraction of sp³-hybridized carbons (Fsp3) is 0. The summed E-state index contributed by atoms with van der Waals surface area (Å²) in [6.45, 7) is 0. The normalized spacial score (nSPS) is 15.2. The summed E-state index contributed by atoms with van der Waals surface area (Å²) in [4.78, 5) is 1.42. The second-order valence-corrected chi connectivity index (χ2v) is 6.49. The summed E-state index contributed by atoms with van der Waals surface area (Å²) >= 11 is 0. The van der Waals surface area contributed by atoms with Crippen LogP contribution < -0.4 is 4.90 Å². The third kappa shape index (κ3) is 2.03. The first-order valence-electron chi connectivity index (χ1n) is 6.33. The molecule has 0 saturated heterocycles. The van der Waals surface area contributed by atoms with Crippen LogP contribution in [0.1, 0.15) is 5.56 Å². The SMILES string of the molecule is N#CC1=CN(c2ccc(C#N)cc2)c2ccccc2S1(=O)=O. The Morgan fingerprint density at radius 1 is 0.909 bits per heavy atom. The number of sulfone groups is 1. The van der Waals surface area contributed by atoms with E-state index >= 15 is 0 Å². The molecule has 0 radical (unpaired) electrons. The van der Waals surface area contributed by atoms with E-state index in [-0.39, 0.29) is 9.80 Å². The van der Waals surface area contributed by atoms with Gasteiger partial charge in [-0.05, 0) is 36.4 Å². The van der Waals surface area contributed by atoms with Gasteiger partial charge in [-0.2, -0.15) is 10.5 Å². The van der Waals surface area contributed by atoms with Gasteiger partial charge in [-0.15, -0.1) is 0 Å². The van der Waals surface area contributed by atoms with Crippen LogP contribution in [0.15, 0.2) is 64.5 Å². The molecule has 0 spiro atoms. The van der Waals surface area contributed by atoms with Crippen LogP contribution in [0.2, 0.25) is 0 Å². The highest BCUT2D eigenvalue weighted by Gasteiger charge is 2.31. The van der Waals surface area contributed by atoms with E-state index in [2.05, 4.69) is 0 Å². The van der Waals surface area contributed by atoms with Crippen LogP contribution in [0.4, 0.5) is 11.4 Å².